The molecule has 0 aliphatic carbocycles. The third-order valence-corrected chi connectivity index (χ3v) is 3.71. The van der Waals surface area contributed by atoms with E-state index in [2.05, 4.69) is 20.8 Å². The van der Waals surface area contributed by atoms with Gasteiger partial charge in [0.2, 0.25) is 0 Å². The first-order valence-electron chi connectivity index (χ1n) is 7.22. The van der Waals surface area contributed by atoms with E-state index < -0.39 is 17.5 Å². The molecule has 3 rings (SSSR count). The number of benzene rings is 2. The summed E-state index contributed by atoms with van der Waals surface area (Å²) in [6.07, 6.45) is 0. The van der Waals surface area contributed by atoms with Gasteiger partial charge in [-0.2, -0.15) is 5.10 Å². The number of hydrogen-bond donors (Lipinski definition) is 1. The second-order valence-corrected chi connectivity index (χ2v) is 5.68. The van der Waals surface area contributed by atoms with Crippen LogP contribution in [0.4, 0.5) is 8.78 Å². The highest BCUT2D eigenvalue weighted by Gasteiger charge is 2.14. The van der Waals surface area contributed by atoms with Gasteiger partial charge in [-0.15, -0.1) is 5.10 Å². The Hall–Kier alpha value is -2.87. The lowest BCUT2D eigenvalue weighted by Crippen LogP contribution is -2.21. The number of carbonyl (C=O) groups excluding carboxylic acids is 1. The molecule has 0 aliphatic rings. The molecule has 0 radical (unpaired) electrons. The van der Waals surface area contributed by atoms with E-state index in [0.717, 1.165) is 23.2 Å². The molecule has 1 aromatic heterocycles. The Morgan fingerprint density at radius 2 is 2.00 bits per heavy atom. The summed E-state index contributed by atoms with van der Waals surface area (Å²) in [6, 6.07) is 8.88. The Morgan fingerprint density at radius 1 is 1.28 bits per heavy atom. The lowest BCUT2D eigenvalue weighted by molar-refractivity contribution is 0.0954. The van der Waals surface area contributed by atoms with Crippen molar-refractivity contribution in [2.75, 3.05) is 0 Å². The molecular formula is C16H12ClF2N5O. The number of aromatic nitrogens is 3. The van der Waals surface area contributed by atoms with E-state index in [-0.39, 0.29) is 10.6 Å². The smallest absolute Gasteiger partial charge is 0.267 e. The molecular weight excluding hydrogens is 352 g/mol. The molecule has 0 saturated carbocycles. The van der Waals surface area contributed by atoms with E-state index >= 15 is 0 Å². The van der Waals surface area contributed by atoms with Gasteiger partial charge in [-0.3, -0.25) is 4.79 Å². The van der Waals surface area contributed by atoms with Gasteiger partial charge >= 0.3 is 0 Å². The van der Waals surface area contributed by atoms with Crippen LogP contribution in [0.15, 0.2) is 41.5 Å². The molecule has 0 atom stereocenters. The van der Waals surface area contributed by atoms with E-state index in [1.807, 2.05) is 24.3 Å². The number of nitrogens with zero attached hydrogens (tertiary/aromatic N) is 4. The van der Waals surface area contributed by atoms with Crippen molar-refractivity contribution in [3.63, 3.8) is 0 Å². The SMILES string of the molecule is C/C(Cn1nnc2ccccc21)=N/NC(=O)c1cc(F)c(F)cc1Cl. The second-order valence-electron chi connectivity index (χ2n) is 5.27. The average molecular weight is 364 g/mol. The number of hydrogen-bond acceptors (Lipinski definition) is 4. The molecule has 1 N–H and O–H groups in total. The minimum Gasteiger partial charge on any atom is -0.267 e. The van der Waals surface area contributed by atoms with Crippen molar-refractivity contribution in [2.24, 2.45) is 5.10 Å². The number of hydrazone groups is 1. The number of nitrogens with one attached hydrogen (secondary N) is 1. The van der Waals surface area contributed by atoms with Gasteiger partial charge in [0.1, 0.15) is 5.52 Å². The maximum Gasteiger partial charge on any atom is 0.272 e. The molecule has 25 heavy (non-hydrogen) atoms. The third-order valence-electron chi connectivity index (χ3n) is 3.40. The number of fused-ring (bicyclic) bond motifs is 1. The standard InChI is InChI=1S/C16H12ClF2N5O/c1-9(8-24-15-5-3-2-4-14(15)21-23-24)20-22-16(25)10-6-12(18)13(19)7-11(10)17/h2-7H,8H2,1H3,(H,22,25)/b20-9-. The van der Waals surface area contributed by atoms with Crippen molar-refractivity contribution < 1.29 is 13.6 Å². The number of carbonyl (C=O) groups is 1. The number of amides is 1. The fourth-order valence-electron chi connectivity index (χ4n) is 2.19. The highest BCUT2D eigenvalue weighted by atomic mass is 35.5. The Balaban J connectivity index is 1.73. The fraction of sp³-hybridized carbons (Fsp3) is 0.125. The Labute approximate surface area is 146 Å². The zero-order valence-corrected chi connectivity index (χ0v) is 13.8. The summed E-state index contributed by atoms with van der Waals surface area (Å²) in [6.45, 7) is 1.98. The van der Waals surface area contributed by atoms with Crippen molar-refractivity contribution in [1.82, 2.24) is 20.4 Å². The summed E-state index contributed by atoms with van der Waals surface area (Å²) in [4.78, 5) is 12.0. The molecule has 0 spiro atoms. The predicted molar refractivity (Wildman–Crippen MR) is 89.5 cm³/mol. The fourth-order valence-corrected chi connectivity index (χ4v) is 2.43. The quantitative estimate of drug-likeness (QED) is 0.439. The van der Waals surface area contributed by atoms with E-state index in [4.69, 9.17) is 11.6 Å². The van der Waals surface area contributed by atoms with Crippen LogP contribution in [0, 0.1) is 11.6 Å². The van der Waals surface area contributed by atoms with Gasteiger partial charge in [-0.25, -0.2) is 18.9 Å². The molecule has 128 valence electrons. The first-order valence-corrected chi connectivity index (χ1v) is 7.60. The molecule has 0 fully saturated rings. The predicted octanol–water partition coefficient (Wildman–Crippen LogP) is 3.17. The zero-order valence-electron chi connectivity index (χ0n) is 13.0. The van der Waals surface area contributed by atoms with Crippen LogP contribution in [-0.2, 0) is 6.54 Å². The largest absolute Gasteiger partial charge is 0.272 e. The number of para-hydroxylation sites is 1. The number of rotatable bonds is 4. The summed E-state index contributed by atoms with van der Waals surface area (Å²) in [5.74, 6) is -3.03. The monoisotopic (exact) mass is 363 g/mol. The van der Waals surface area contributed by atoms with Gasteiger partial charge in [0.05, 0.1) is 28.4 Å². The van der Waals surface area contributed by atoms with Crippen molar-refractivity contribution in [2.45, 2.75) is 13.5 Å². The van der Waals surface area contributed by atoms with E-state index in [9.17, 15) is 13.6 Å². The zero-order chi connectivity index (χ0) is 18.0. The minimum absolute atomic E-state index is 0.202. The Morgan fingerprint density at radius 3 is 2.80 bits per heavy atom. The molecule has 1 heterocycles. The van der Waals surface area contributed by atoms with E-state index in [0.29, 0.717) is 12.3 Å². The van der Waals surface area contributed by atoms with Gasteiger partial charge in [0, 0.05) is 0 Å². The summed E-state index contributed by atoms with van der Waals surface area (Å²) in [5.41, 5.74) is 4.16. The topological polar surface area (TPSA) is 72.2 Å². The van der Waals surface area contributed by atoms with Crippen molar-refractivity contribution in [3.8, 4) is 0 Å². The summed E-state index contributed by atoms with van der Waals surface area (Å²) in [5, 5.41) is 11.8. The highest BCUT2D eigenvalue weighted by molar-refractivity contribution is 6.33. The molecule has 6 nitrogen and oxygen atoms in total. The van der Waals surface area contributed by atoms with Gasteiger partial charge in [0.25, 0.3) is 5.91 Å². The highest BCUT2D eigenvalue weighted by Crippen LogP contribution is 2.19. The summed E-state index contributed by atoms with van der Waals surface area (Å²) in [7, 11) is 0. The maximum absolute atomic E-state index is 13.3. The lowest BCUT2D eigenvalue weighted by atomic mass is 10.2. The Bertz CT molecular complexity index is 986. The minimum atomic E-state index is -1.16. The molecule has 0 saturated heterocycles. The molecule has 0 bridgehead atoms. The Kier molecular flexibility index (Phi) is 4.71. The molecule has 0 aliphatic heterocycles. The molecule has 9 heteroatoms. The van der Waals surface area contributed by atoms with Gasteiger partial charge in [0.15, 0.2) is 11.6 Å². The van der Waals surface area contributed by atoms with Crippen LogP contribution in [0.1, 0.15) is 17.3 Å². The van der Waals surface area contributed by atoms with Crippen molar-refractivity contribution in [1.29, 1.82) is 0 Å². The summed E-state index contributed by atoms with van der Waals surface area (Å²) >= 11 is 5.75. The average Bonchev–Trinajstić information content (AvgIpc) is 2.99. The van der Waals surface area contributed by atoms with Crippen LogP contribution in [-0.4, -0.2) is 26.6 Å². The van der Waals surface area contributed by atoms with Crippen LogP contribution in [0.3, 0.4) is 0 Å². The van der Waals surface area contributed by atoms with Crippen LogP contribution < -0.4 is 5.43 Å². The maximum atomic E-state index is 13.3. The second kappa shape index (κ2) is 6.94. The molecule has 1 amide bonds. The summed E-state index contributed by atoms with van der Waals surface area (Å²) < 4.78 is 27.9. The van der Waals surface area contributed by atoms with Crippen LogP contribution in [0.25, 0.3) is 11.0 Å². The molecule has 2 aromatic carbocycles. The molecule has 0 unspecified atom stereocenters. The third kappa shape index (κ3) is 3.63. The van der Waals surface area contributed by atoms with E-state index in [1.165, 1.54) is 0 Å². The first-order chi connectivity index (χ1) is 12.0. The normalized spacial score (nSPS) is 11.8. The van der Waals surface area contributed by atoms with Gasteiger partial charge < -0.3 is 0 Å². The van der Waals surface area contributed by atoms with Crippen molar-refractivity contribution >= 4 is 34.3 Å². The van der Waals surface area contributed by atoms with Crippen molar-refractivity contribution in [3.05, 3.63) is 58.6 Å². The number of halogens is 3. The first kappa shape index (κ1) is 17.0. The lowest BCUT2D eigenvalue weighted by Gasteiger charge is -2.06. The molecule has 3 aromatic rings. The van der Waals surface area contributed by atoms with Gasteiger partial charge in [-0.05, 0) is 31.2 Å². The van der Waals surface area contributed by atoms with Crippen LogP contribution in [0.2, 0.25) is 5.02 Å². The van der Waals surface area contributed by atoms with Crippen LogP contribution >= 0.6 is 11.6 Å². The van der Waals surface area contributed by atoms with E-state index in [1.54, 1.807) is 11.6 Å². The van der Waals surface area contributed by atoms with Gasteiger partial charge in [-0.1, -0.05) is 28.9 Å². The van der Waals surface area contributed by atoms with Crippen LogP contribution in [0.5, 0.6) is 0 Å².